The number of carbonyl (C=O) groups is 2. The van der Waals surface area contributed by atoms with Gasteiger partial charge in [-0.15, -0.1) is 12.4 Å². The van der Waals surface area contributed by atoms with Crippen LogP contribution in [0.3, 0.4) is 0 Å². The van der Waals surface area contributed by atoms with E-state index in [1.807, 2.05) is 32.0 Å². The van der Waals surface area contributed by atoms with Gasteiger partial charge in [0.15, 0.2) is 0 Å². The van der Waals surface area contributed by atoms with Crippen LogP contribution in [-0.2, 0) is 15.0 Å². The van der Waals surface area contributed by atoms with Crippen molar-refractivity contribution < 1.29 is 14.3 Å². The van der Waals surface area contributed by atoms with E-state index in [9.17, 15) is 9.59 Å². The molecule has 148 valence electrons. The lowest BCUT2D eigenvalue weighted by atomic mass is 9.87. The lowest BCUT2D eigenvalue weighted by molar-refractivity contribution is -0.127. The number of rotatable bonds is 8. The first-order chi connectivity index (χ1) is 11.6. The van der Waals surface area contributed by atoms with Gasteiger partial charge in [0.05, 0.1) is 19.1 Å². The van der Waals surface area contributed by atoms with Crippen molar-refractivity contribution in [2.75, 3.05) is 19.7 Å². The molecule has 0 fully saturated rings. The molecular weight excluding hydrogens is 354 g/mol. The Morgan fingerprint density at radius 2 is 1.85 bits per heavy atom. The van der Waals surface area contributed by atoms with Gasteiger partial charge in [0.2, 0.25) is 11.8 Å². The van der Waals surface area contributed by atoms with Gasteiger partial charge in [-0.25, -0.2) is 0 Å². The first kappa shape index (κ1) is 24.2. The predicted molar refractivity (Wildman–Crippen MR) is 107 cm³/mol. The Morgan fingerprint density at radius 3 is 2.42 bits per heavy atom. The summed E-state index contributed by atoms with van der Waals surface area (Å²) in [5.74, 6) is 0.218. The number of carbonyl (C=O) groups excluding carboxylic acids is 2. The Bertz CT molecular complexity index is 586. The van der Waals surface area contributed by atoms with Gasteiger partial charge in [0, 0.05) is 0 Å². The monoisotopic (exact) mass is 385 g/mol. The van der Waals surface area contributed by atoms with Gasteiger partial charge in [0.1, 0.15) is 12.4 Å². The van der Waals surface area contributed by atoms with Crippen molar-refractivity contribution in [3.05, 3.63) is 29.8 Å². The van der Waals surface area contributed by atoms with E-state index in [0.29, 0.717) is 13.2 Å². The van der Waals surface area contributed by atoms with Crippen molar-refractivity contribution in [1.29, 1.82) is 0 Å². The van der Waals surface area contributed by atoms with Crippen LogP contribution in [0.4, 0.5) is 0 Å². The van der Waals surface area contributed by atoms with Crippen molar-refractivity contribution >= 4 is 24.2 Å². The van der Waals surface area contributed by atoms with Crippen molar-refractivity contribution in [2.24, 2.45) is 11.7 Å². The molecule has 1 aromatic carbocycles. The van der Waals surface area contributed by atoms with E-state index in [-0.39, 0.29) is 42.1 Å². The number of benzene rings is 1. The van der Waals surface area contributed by atoms with Crippen molar-refractivity contribution in [3.8, 4) is 5.75 Å². The summed E-state index contributed by atoms with van der Waals surface area (Å²) in [6, 6.07) is 7.33. The highest BCUT2D eigenvalue weighted by Gasteiger charge is 2.17. The highest BCUT2D eigenvalue weighted by atomic mass is 35.5. The van der Waals surface area contributed by atoms with Gasteiger partial charge in [-0.05, 0) is 29.0 Å². The molecule has 1 aromatic rings. The molecule has 0 radical (unpaired) electrons. The van der Waals surface area contributed by atoms with Crippen LogP contribution in [0.2, 0.25) is 0 Å². The van der Waals surface area contributed by atoms with E-state index in [4.69, 9.17) is 10.5 Å². The molecule has 0 aliphatic heterocycles. The number of halogens is 1. The minimum atomic E-state index is -0.605. The third-order valence-electron chi connectivity index (χ3n) is 3.84. The zero-order chi connectivity index (χ0) is 19.0. The van der Waals surface area contributed by atoms with Crippen molar-refractivity contribution in [1.82, 2.24) is 10.6 Å². The average Bonchev–Trinajstić information content (AvgIpc) is 2.55. The predicted octanol–water partition coefficient (Wildman–Crippen LogP) is 2.00. The molecule has 26 heavy (non-hydrogen) atoms. The fraction of sp³-hybridized carbons (Fsp3) is 0.579. The third-order valence-corrected chi connectivity index (χ3v) is 3.84. The number of hydrogen-bond acceptors (Lipinski definition) is 4. The summed E-state index contributed by atoms with van der Waals surface area (Å²) in [5.41, 5.74) is 6.96. The highest BCUT2D eigenvalue weighted by Crippen LogP contribution is 2.25. The summed E-state index contributed by atoms with van der Waals surface area (Å²) in [7, 11) is 0. The molecular formula is C19H32ClN3O3. The maximum atomic E-state index is 11.7. The Hall–Kier alpha value is -1.79. The molecule has 0 saturated carbocycles. The number of nitrogens with one attached hydrogen (secondary N) is 2. The summed E-state index contributed by atoms with van der Waals surface area (Å²) >= 11 is 0. The van der Waals surface area contributed by atoms with E-state index in [2.05, 4.69) is 37.5 Å². The van der Waals surface area contributed by atoms with Gasteiger partial charge in [-0.2, -0.15) is 0 Å². The standard InChI is InChI=1S/C19H31N3O3.ClH/c1-13(2)17(20)18(24)22-12-16(23)21-9-10-25-15-8-6-7-14(11-15)19(3,4)5;/h6-8,11,13,17H,9-10,12,20H2,1-5H3,(H,21,23)(H,22,24);1H/t17-;/m0./s1. The first-order valence-corrected chi connectivity index (χ1v) is 8.64. The summed E-state index contributed by atoms with van der Waals surface area (Å²) in [6.45, 7) is 10.8. The maximum absolute atomic E-state index is 11.7. The van der Waals surface area contributed by atoms with Gasteiger partial charge in [-0.3, -0.25) is 9.59 Å². The van der Waals surface area contributed by atoms with Crippen LogP contribution in [0.15, 0.2) is 24.3 Å². The maximum Gasteiger partial charge on any atom is 0.239 e. The van der Waals surface area contributed by atoms with Crippen LogP contribution < -0.4 is 21.1 Å². The molecule has 0 spiro atoms. The van der Waals surface area contributed by atoms with Crippen molar-refractivity contribution in [2.45, 2.75) is 46.1 Å². The summed E-state index contributed by atoms with van der Waals surface area (Å²) in [6.07, 6.45) is 0. The molecule has 0 aliphatic carbocycles. The van der Waals surface area contributed by atoms with Crippen LogP contribution in [0.1, 0.15) is 40.2 Å². The number of amides is 2. The second-order valence-corrected chi connectivity index (χ2v) is 7.46. The number of ether oxygens (including phenoxy) is 1. The van der Waals surface area contributed by atoms with Crippen LogP contribution in [0.5, 0.6) is 5.75 Å². The number of hydrogen-bond donors (Lipinski definition) is 3. The largest absolute Gasteiger partial charge is 0.492 e. The van der Waals surface area contributed by atoms with E-state index in [1.54, 1.807) is 0 Å². The highest BCUT2D eigenvalue weighted by molar-refractivity contribution is 5.87. The lowest BCUT2D eigenvalue weighted by Gasteiger charge is -2.19. The average molecular weight is 386 g/mol. The molecule has 0 heterocycles. The molecule has 0 saturated heterocycles. The smallest absolute Gasteiger partial charge is 0.239 e. The zero-order valence-corrected chi connectivity index (χ0v) is 17.1. The quantitative estimate of drug-likeness (QED) is 0.596. The minimum absolute atomic E-state index is 0. The van der Waals surface area contributed by atoms with E-state index in [0.717, 1.165) is 5.75 Å². The Labute approximate surface area is 162 Å². The van der Waals surface area contributed by atoms with E-state index < -0.39 is 6.04 Å². The second kappa shape index (κ2) is 11.0. The number of nitrogens with two attached hydrogens (primary N) is 1. The Balaban J connectivity index is 0.00000625. The SMILES string of the molecule is CC(C)[C@H](N)C(=O)NCC(=O)NCCOc1cccc(C(C)(C)C)c1.Cl. The van der Waals surface area contributed by atoms with Crippen LogP contribution in [0, 0.1) is 5.92 Å². The molecule has 7 heteroatoms. The fourth-order valence-electron chi connectivity index (χ4n) is 2.06. The van der Waals surface area contributed by atoms with E-state index >= 15 is 0 Å². The Kier molecular flexibility index (Phi) is 10.3. The zero-order valence-electron chi connectivity index (χ0n) is 16.3. The van der Waals surface area contributed by atoms with Crippen LogP contribution in [0.25, 0.3) is 0 Å². The Morgan fingerprint density at radius 1 is 1.19 bits per heavy atom. The van der Waals surface area contributed by atoms with E-state index in [1.165, 1.54) is 5.56 Å². The summed E-state index contributed by atoms with van der Waals surface area (Å²) < 4.78 is 5.67. The third kappa shape index (κ3) is 8.54. The van der Waals surface area contributed by atoms with Gasteiger partial charge >= 0.3 is 0 Å². The first-order valence-electron chi connectivity index (χ1n) is 8.64. The summed E-state index contributed by atoms with van der Waals surface area (Å²) in [5, 5.41) is 5.23. The molecule has 0 aliphatic rings. The lowest BCUT2D eigenvalue weighted by Crippen LogP contribution is -2.47. The molecule has 4 N–H and O–H groups in total. The minimum Gasteiger partial charge on any atom is -0.492 e. The summed E-state index contributed by atoms with van der Waals surface area (Å²) in [4.78, 5) is 23.4. The van der Waals surface area contributed by atoms with Crippen LogP contribution >= 0.6 is 12.4 Å². The molecule has 0 bridgehead atoms. The normalized spacial score (nSPS) is 12.1. The molecule has 0 aromatic heterocycles. The van der Waals surface area contributed by atoms with Gasteiger partial charge in [0.25, 0.3) is 0 Å². The second-order valence-electron chi connectivity index (χ2n) is 7.46. The van der Waals surface area contributed by atoms with Crippen molar-refractivity contribution in [3.63, 3.8) is 0 Å². The topological polar surface area (TPSA) is 93.5 Å². The molecule has 1 rings (SSSR count). The van der Waals surface area contributed by atoms with Crippen LogP contribution in [-0.4, -0.2) is 37.6 Å². The van der Waals surface area contributed by atoms with Gasteiger partial charge < -0.3 is 21.1 Å². The molecule has 6 nitrogen and oxygen atoms in total. The molecule has 2 amide bonds. The van der Waals surface area contributed by atoms with Gasteiger partial charge in [-0.1, -0.05) is 46.8 Å². The fourth-order valence-corrected chi connectivity index (χ4v) is 2.06. The molecule has 1 atom stereocenters. The molecule has 0 unspecified atom stereocenters.